The SMILES string of the molecule is C[C@]1([C@H]2CCCN(CCOCC(F)(F)F)C2)NC(=O)NC1=O. The predicted molar refractivity (Wildman–Crippen MR) is 71.1 cm³/mol. The highest BCUT2D eigenvalue weighted by Gasteiger charge is 2.48. The number of piperidine rings is 1. The normalized spacial score (nSPS) is 30.3. The van der Waals surface area contributed by atoms with E-state index in [0.717, 1.165) is 19.4 Å². The molecule has 9 heteroatoms. The van der Waals surface area contributed by atoms with Crippen LogP contribution in [0.3, 0.4) is 0 Å². The monoisotopic (exact) mass is 323 g/mol. The molecule has 6 nitrogen and oxygen atoms in total. The van der Waals surface area contributed by atoms with E-state index < -0.39 is 24.4 Å². The largest absolute Gasteiger partial charge is 0.411 e. The van der Waals surface area contributed by atoms with Crippen LogP contribution in [-0.2, 0) is 9.53 Å². The summed E-state index contributed by atoms with van der Waals surface area (Å²) >= 11 is 0. The third-order valence-electron chi connectivity index (χ3n) is 4.21. The smallest absolute Gasteiger partial charge is 0.371 e. The van der Waals surface area contributed by atoms with Crippen molar-refractivity contribution in [3.8, 4) is 0 Å². The Balaban J connectivity index is 1.82. The fraction of sp³-hybridized carbons (Fsp3) is 0.846. The van der Waals surface area contributed by atoms with E-state index in [1.165, 1.54) is 0 Å². The average molecular weight is 323 g/mol. The molecule has 22 heavy (non-hydrogen) atoms. The van der Waals surface area contributed by atoms with Gasteiger partial charge < -0.3 is 15.0 Å². The van der Waals surface area contributed by atoms with Crippen molar-refractivity contribution >= 4 is 11.9 Å². The highest BCUT2D eigenvalue weighted by atomic mass is 19.4. The molecule has 2 aliphatic heterocycles. The van der Waals surface area contributed by atoms with Crippen LogP contribution in [0.15, 0.2) is 0 Å². The van der Waals surface area contributed by atoms with Crippen molar-refractivity contribution in [3.05, 3.63) is 0 Å². The lowest BCUT2D eigenvalue weighted by Gasteiger charge is -2.39. The van der Waals surface area contributed by atoms with Gasteiger partial charge in [0.1, 0.15) is 12.1 Å². The van der Waals surface area contributed by atoms with Gasteiger partial charge in [-0.3, -0.25) is 10.1 Å². The fourth-order valence-electron chi connectivity index (χ4n) is 2.96. The quantitative estimate of drug-likeness (QED) is 0.582. The third-order valence-corrected chi connectivity index (χ3v) is 4.21. The zero-order valence-corrected chi connectivity index (χ0v) is 12.3. The van der Waals surface area contributed by atoms with Gasteiger partial charge in [-0.1, -0.05) is 0 Å². The molecule has 3 amide bonds. The van der Waals surface area contributed by atoms with Gasteiger partial charge in [0.15, 0.2) is 0 Å². The van der Waals surface area contributed by atoms with E-state index in [1.807, 2.05) is 4.90 Å². The molecular formula is C13H20F3N3O3. The van der Waals surface area contributed by atoms with Crippen LogP contribution in [0.4, 0.5) is 18.0 Å². The van der Waals surface area contributed by atoms with E-state index in [4.69, 9.17) is 0 Å². The van der Waals surface area contributed by atoms with E-state index in [9.17, 15) is 22.8 Å². The number of carbonyl (C=O) groups excluding carboxylic acids is 2. The lowest BCUT2D eigenvalue weighted by atomic mass is 9.80. The predicted octanol–water partition coefficient (Wildman–Crippen LogP) is 0.875. The molecule has 0 aromatic rings. The number of hydrogen-bond donors (Lipinski definition) is 2. The molecule has 2 aliphatic rings. The van der Waals surface area contributed by atoms with Crippen molar-refractivity contribution in [1.82, 2.24) is 15.5 Å². The highest BCUT2D eigenvalue weighted by molar-refractivity contribution is 6.06. The molecule has 2 N–H and O–H groups in total. The maximum absolute atomic E-state index is 12.0. The third kappa shape index (κ3) is 4.10. The molecule has 0 aromatic carbocycles. The van der Waals surface area contributed by atoms with Gasteiger partial charge >= 0.3 is 12.2 Å². The molecule has 0 bridgehead atoms. The van der Waals surface area contributed by atoms with Crippen molar-refractivity contribution in [2.75, 3.05) is 32.8 Å². The number of carbonyl (C=O) groups is 2. The Morgan fingerprint density at radius 1 is 1.41 bits per heavy atom. The number of amides is 3. The first-order chi connectivity index (χ1) is 10.2. The number of hydrogen-bond acceptors (Lipinski definition) is 4. The van der Waals surface area contributed by atoms with E-state index >= 15 is 0 Å². The molecule has 126 valence electrons. The number of urea groups is 1. The summed E-state index contributed by atoms with van der Waals surface area (Å²) in [4.78, 5) is 25.2. The first kappa shape index (κ1) is 17.0. The number of halogens is 3. The summed E-state index contributed by atoms with van der Waals surface area (Å²) in [6.45, 7) is 2.08. The van der Waals surface area contributed by atoms with Gasteiger partial charge in [-0.15, -0.1) is 0 Å². The summed E-state index contributed by atoms with van der Waals surface area (Å²) < 4.78 is 40.6. The number of nitrogens with one attached hydrogen (secondary N) is 2. The lowest BCUT2D eigenvalue weighted by molar-refractivity contribution is -0.174. The molecule has 0 aliphatic carbocycles. The van der Waals surface area contributed by atoms with Crippen LogP contribution in [0.25, 0.3) is 0 Å². The zero-order valence-electron chi connectivity index (χ0n) is 12.3. The molecule has 2 fully saturated rings. The fourth-order valence-corrected chi connectivity index (χ4v) is 2.96. The van der Waals surface area contributed by atoms with Crippen LogP contribution in [0, 0.1) is 5.92 Å². The molecule has 2 atom stereocenters. The Kier molecular flexibility index (Phi) is 4.96. The molecule has 2 saturated heterocycles. The Morgan fingerprint density at radius 3 is 2.73 bits per heavy atom. The minimum Gasteiger partial charge on any atom is -0.371 e. The molecule has 2 heterocycles. The summed E-state index contributed by atoms with van der Waals surface area (Å²) in [6.07, 6.45) is -2.71. The summed E-state index contributed by atoms with van der Waals surface area (Å²) in [5, 5.41) is 4.88. The van der Waals surface area contributed by atoms with Crippen LogP contribution in [0.5, 0.6) is 0 Å². The van der Waals surface area contributed by atoms with E-state index in [0.29, 0.717) is 13.1 Å². The van der Waals surface area contributed by atoms with Crippen LogP contribution in [0.1, 0.15) is 19.8 Å². The van der Waals surface area contributed by atoms with Gasteiger partial charge in [0.25, 0.3) is 5.91 Å². The summed E-state index contributed by atoms with van der Waals surface area (Å²) in [5.41, 5.74) is -0.956. The van der Waals surface area contributed by atoms with Crippen LogP contribution >= 0.6 is 0 Å². The van der Waals surface area contributed by atoms with Crippen LogP contribution in [0.2, 0.25) is 0 Å². The van der Waals surface area contributed by atoms with Gasteiger partial charge in [0.2, 0.25) is 0 Å². The summed E-state index contributed by atoms with van der Waals surface area (Å²) in [6, 6.07) is -0.502. The minimum absolute atomic E-state index is 0.0124. The standard InChI is InChI=1S/C13H20F3N3O3/c1-12(10(20)17-11(21)18-12)9-3-2-4-19(7-9)5-6-22-8-13(14,15)16/h9H,2-8H2,1H3,(H2,17,18,20,21)/t9-,12+/m0/s1. The summed E-state index contributed by atoms with van der Waals surface area (Å²) in [5.74, 6) is -0.423. The van der Waals surface area contributed by atoms with Crippen molar-refractivity contribution < 1.29 is 27.5 Å². The molecule has 2 rings (SSSR count). The Bertz CT molecular complexity index is 444. The number of imide groups is 1. The minimum atomic E-state index is -4.32. The molecule has 0 saturated carbocycles. The molecule has 0 spiro atoms. The van der Waals surface area contributed by atoms with Gasteiger partial charge in [-0.05, 0) is 26.3 Å². The zero-order chi connectivity index (χ0) is 16.4. The average Bonchev–Trinajstić information content (AvgIpc) is 2.68. The van der Waals surface area contributed by atoms with Crippen LogP contribution < -0.4 is 10.6 Å². The van der Waals surface area contributed by atoms with Crippen LogP contribution in [-0.4, -0.2) is 61.4 Å². The molecule has 0 aromatic heterocycles. The second kappa shape index (κ2) is 6.41. The molecule has 0 radical (unpaired) electrons. The number of likely N-dealkylation sites (tertiary alicyclic amines) is 1. The van der Waals surface area contributed by atoms with Crippen molar-refractivity contribution in [1.29, 1.82) is 0 Å². The second-order valence-corrected chi connectivity index (χ2v) is 5.92. The molecule has 0 unspecified atom stereocenters. The number of ether oxygens (including phenoxy) is 1. The first-order valence-electron chi connectivity index (χ1n) is 7.21. The van der Waals surface area contributed by atoms with Gasteiger partial charge in [0.05, 0.1) is 6.61 Å². The van der Waals surface area contributed by atoms with Crippen molar-refractivity contribution in [2.45, 2.75) is 31.5 Å². The lowest BCUT2D eigenvalue weighted by Crippen LogP contribution is -2.56. The topological polar surface area (TPSA) is 70.7 Å². The summed E-state index contributed by atoms with van der Waals surface area (Å²) in [7, 11) is 0. The molecular weight excluding hydrogens is 303 g/mol. The Labute approximate surface area is 126 Å². The second-order valence-electron chi connectivity index (χ2n) is 5.92. The highest BCUT2D eigenvalue weighted by Crippen LogP contribution is 2.29. The van der Waals surface area contributed by atoms with Crippen molar-refractivity contribution in [2.24, 2.45) is 5.92 Å². The van der Waals surface area contributed by atoms with E-state index in [1.54, 1.807) is 6.92 Å². The first-order valence-corrected chi connectivity index (χ1v) is 7.21. The van der Waals surface area contributed by atoms with E-state index in [-0.39, 0.29) is 18.4 Å². The Hall–Kier alpha value is -1.35. The van der Waals surface area contributed by atoms with Gasteiger partial charge in [-0.2, -0.15) is 13.2 Å². The maximum Gasteiger partial charge on any atom is 0.411 e. The number of rotatable bonds is 5. The van der Waals surface area contributed by atoms with Crippen molar-refractivity contribution in [3.63, 3.8) is 0 Å². The maximum atomic E-state index is 12.0. The van der Waals surface area contributed by atoms with E-state index in [2.05, 4.69) is 15.4 Å². The van der Waals surface area contributed by atoms with Gasteiger partial charge in [0, 0.05) is 19.0 Å². The Morgan fingerprint density at radius 2 is 2.14 bits per heavy atom. The van der Waals surface area contributed by atoms with Gasteiger partial charge in [-0.25, -0.2) is 4.79 Å². The number of nitrogens with zero attached hydrogens (tertiary/aromatic N) is 1. The number of alkyl halides is 3.